The second-order valence-electron chi connectivity index (χ2n) is 4.73. The van der Waals surface area contributed by atoms with E-state index in [9.17, 15) is 10.1 Å². The summed E-state index contributed by atoms with van der Waals surface area (Å²) >= 11 is 0. The van der Waals surface area contributed by atoms with E-state index in [1.165, 1.54) is 13.2 Å². The van der Waals surface area contributed by atoms with Crippen LogP contribution in [0.5, 0.6) is 17.2 Å². The topological polar surface area (TPSA) is 70.8 Å². The van der Waals surface area contributed by atoms with Gasteiger partial charge < -0.3 is 14.2 Å². The molecule has 0 aliphatic carbocycles. The molecular formula is C14H17NO5. The van der Waals surface area contributed by atoms with Gasteiger partial charge >= 0.3 is 0 Å². The number of nitro groups is 1. The fraction of sp³-hybridized carbons (Fsp3) is 0.429. The maximum atomic E-state index is 11.0. The number of allylic oxidation sites excluding steroid dienone is 1. The van der Waals surface area contributed by atoms with Gasteiger partial charge in [-0.3, -0.25) is 10.1 Å². The third-order valence-electron chi connectivity index (χ3n) is 2.97. The minimum absolute atomic E-state index is 0.142. The molecule has 1 heterocycles. The molecule has 6 nitrogen and oxygen atoms in total. The van der Waals surface area contributed by atoms with E-state index < -0.39 is 0 Å². The fourth-order valence-corrected chi connectivity index (χ4v) is 1.98. The average molecular weight is 279 g/mol. The lowest BCUT2D eigenvalue weighted by atomic mass is 10.1. The van der Waals surface area contributed by atoms with Crippen LogP contribution in [0, 0.1) is 16.0 Å². The lowest BCUT2D eigenvalue weighted by Crippen LogP contribution is -2.16. The first-order valence-electron chi connectivity index (χ1n) is 6.36. The molecule has 0 radical (unpaired) electrons. The first-order chi connectivity index (χ1) is 9.52. The summed E-state index contributed by atoms with van der Waals surface area (Å²) in [5.41, 5.74) is 0.801. The third-order valence-corrected chi connectivity index (χ3v) is 2.97. The van der Waals surface area contributed by atoms with Crippen LogP contribution in [0.25, 0.3) is 6.08 Å². The van der Waals surface area contributed by atoms with Crippen LogP contribution in [-0.4, -0.2) is 25.2 Å². The number of nitrogens with zero attached hydrogens (tertiary/aromatic N) is 1. The number of methoxy groups -OCH3 is 1. The van der Waals surface area contributed by atoms with Crippen molar-refractivity contribution >= 4 is 6.08 Å². The highest BCUT2D eigenvalue weighted by atomic mass is 16.6. The van der Waals surface area contributed by atoms with Gasteiger partial charge in [-0.25, -0.2) is 0 Å². The van der Waals surface area contributed by atoms with Gasteiger partial charge in [-0.1, -0.05) is 13.8 Å². The van der Waals surface area contributed by atoms with E-state index in [-0.39, 0.29) is 16.5 Å². The van der Waals surface area contributed by atoms with Gasteiger partial charge in [0.15, 0.2) is 11.5 Å². The lowest BCUT2D eigenvalue weighted by Gasteiger charge is -2.21. The summed E-state index contributed by atoms with van der Waals surface area (Å²) in [6.45, 7) is 4.48. The van der Waals surface area contributed by atoms with Crippen molar-refractivity contribution in [3.63, 3.8) is 0 Å². The zero-order valence-corrected chi connectivity index (χ0v) is 11.7. The molecule has 1 aromatic carbocycles. The third kappa shape index (κ3) is 2.84. The molecule has 0 aromatic heterocycles. The summed E-state index contributed by atoms with van der Waals surface area (Å²) in [6.07, 6.45) is 1.53. The Morgan fingerprint density at radius 2 is 2.10 bits per heavy atom. The Labute approximate surface area is 117 Å². The quantitative estimate of drug-likeness (QED) is 0.626. The van der Waals surface area contributed by atoms with Crippen molar-refractivity contribution in [1.29, 1.82) is 0 Å². The molecule has 0 atom stereocenters. The van der Waals surface area contributed by atoms with Gasteiger partial charge in [-0.15, -0.1) is 0 Å². The maximum Gasteiger partial charge on any atom is 0.249 e. The summed E-state index contributed by atoms with van der Waals surface area (Å²) in [7, 11) is 1.53. The van der Waals surface area contributed by atoms with Crippen LogP contribution in [-0.2, 0) is 0 Å². The Kier molecular flexibility index (Phi) is 4.12. The van der Waals surface area contributed by atoms with E-state index in [1.807, 2.05) is 0 Å². The molecule has 1 aliphatic rings. The monoisotopic (exact) mass is 279 g/mol. The minimum atomic E-state index is -0.367. The first kappa shape index (κ1) is 14.2. The molecule has 0 unspecified atom stereocenters. The molecule has 0 amide bonds. The summed E-state index contributed by atoms with van der Waals surface area (Å²) in [5, 5.41) is 11.0. The SMILES string of the molecule is COc1cc(/C=C(/C(C)C)[N+](=O)[O-])cc2c1OCCO2. The van der Waals surface area contributed by atoms with Crippen molar-refractivity contribution in [2.24, 2.45) is 5.92 Å². The van der Waals surface area contributed by atoms with Crippen molar-refractivity contribution < 1.29 is 19.1 Å². The number of benzene rings is 1. The normalized spacial score (nSPS) is 14.3. The van der Waals surface area contributed by atoms with Crippen molar-refractivity contribution in [3.8, 4) is 17.2 Å². The van der Waals surface area contributed by atoms with Crippen LogP contribution in [0.1, 0.15) is 19.4 Å². The van der Waals surface area contributed by atoms with E-state index in [2.05, 4.69) is 0 Å². The van der Waals surface area contributed by atoms with Crippen LogP contribution in [0.15, 0.2) is 17.8 Å². The number of fused-ring (bicyclic) bond motifs is 1. The maximum absolute atomic E-state index is 11.0. The second kappa shape index (κ2) is 5.81. The molecule has 0 fully saturated rings. The Morgan fingerprint density at radius 3 is 2.70 bits per heavy atom. The van der Waals surface area contributed by atoms with Gasteiger partial charge in [-0.05, 0) is 17.7 Å². The van der Waals surface area contributed by atoms with Crippen molar-refractivity contribution in [3.05, 3.63) is 33.5 Å². The molecule has 2 rings (SSSR count). The van der Waals surface area contributed by atoms with Gasteiger partial charge in [0.2, 0.25) is 11.4 Å². The van der Waals surface area contributed by atoms with Gasteiger partial charge in [0.1, 0.15) is 13.2 Å². The number of hydrogen-bond donors (Lipinski definition) is 0. The predicted molar refractivity (Wildman–Crippen MR) is 73.8 cm³/mol. The molecular weight excluding hydrogens is 262 g/mol. The highest BCUT2D eigenvalue weighted by molar-refractivity contribution is 5.63. The lowest BCUT2D eigenvalue weighted by molar-refractivity contribution is -0.431. The summed E-state index contributed by atoms with van der Waals surface area (Å²) in [4.78, 5) is 10.7. The van der Waals surface area contributed by atoms with Gasteiger partial charge in [0, 0.05) is 12.0 Å². The Morgan fingerprint density at radius 1 is 1.40 bits per heavy atom. The number of rotatable bonds is 4. The summed E-state index contributed by atoms with van der Waals surface area (Å²) in [5.74, 6) is 1.43. The van der Waals surface area contributed by atoms with Crippen LogP contribution >= 0.6 is 0 Å². The summed E-state index contributed by atoms with van der Waals surface area (Å²) < 4.78 is 16.3. The van der Waals surface area contributed by atoms with Crippen LogP contribution in [0.3, 0.4) is 0 Å². The Bertz CT molecular complexity index is 533. The van der Waals surface area contributed by atoms with Crippen LogP contribution in [0.4, 0.5) is 0 Å². The van der Waals surface area contributed by atoms with E-state index >= 15 is 0 Å². The largest absolute Gasteiger partial charge is 0.493 e. The fourth-order valence-electron chi connectivity index (χ4n) is 1.98. The number of hydrogen-bond acceptors (Lipinski definition) is 5. The smallest absolute Gasteiger partial charge is 0.249 e. The van der Waals surface area contributed by atoms with E-state index in [0.29, 0.717) is 36.0 Å². The Hall–Kier alpha value is -2.24. The van der Waals surface area contributed by atoms with Crippen molar-refractivity contribution in [2.45, 2.75) is 13.8 Å². The highest BCUT2D eigenvalue weighted by Gasteiger charge is 2.20. The zero-order valence-electron chi connectivity index (χ0n) is 11.7. The van der Waals surface area contributed by atoms with E-state index in [4.69, 9.17) is 14.2 Å². The Balaban J connectivity index is 2.47. The van der Waals surface area contributed by atoms with Crippen molar-refractivity contribution in [2.75, 3.05) is 20.3 Å². The molecule has 0 N–H and O–H groups in total. The van der Waals surface area contributed by atoms with Crippen LogP contribution in [0.2, 0.25) is 0 Å². The van der Waals surface area contributed by atoms with Gasteiger partial charge in [0.05, 0.1) is 12.0 Å². The molecule has 0 saturated carbocycles. The number of ether oxygens (including phenoxy) is 3. The zero-order chi connectivity index (χ0) is 14.7. The van der Waals surface area contributed by atoms with E-state index in [0.717, 1.165) is 0 Å². The molecule has 1 aliphatic heterocycles. The molecule has 1 aromatic rings. The van der Waals surface area contributed by atoms with Gasteiger partial charge in [0.25, 0.3) is 0 Å². The molecule has 20 heavy (non-hydrogen) atoms. The standard InChI is InChI=1S/C14H17NO5/c1-9(2)11(15(16)17)6-10-7-12(18-3)14-13(8-10)19-4-5-20-14/h6-9H,4-5H2,1-3H3/b11-6-. The van der Waals surface area contributed by atoms with Crippen LogP contribution < -0.4 is 14.2 Å². The van der Waals surface area contributed by atoms with E-state index in [1.54, 1.807) is 26.0 Å². The first-order valence-corrected chi connectivity index (χ1v) is 6.36. The molecule has 0 spiro atoms. The molecule has 108 valence electrons. The molecule has 0 saturated heterocycles. The van der Waals surface area contributed by atoms with Crippen molar-refractivity contribution in [1.82, 2.24) is 0 Å². The van der Waals surface area contributed by atoms with Gasteiger partial charge in [-0.2, -0.15) is 0 Å². The highest BCUT2D eigenvalue weighted by Crippen LogP contribution is 2.41. The minimum Gasteiger partial charge on any atom is -0.493 e. The molecule has 0 bridgehead atoms. The molecule has 6 heteroatoms. The second-order valence-corrected chi connectivity index (χ2v) is 4.73. The predicted octanol–water partition coefficient (Wildman–Crippen LogP) is 2.74. The average Bonchev–Trinajstić information content (AvgIpc) is 2.43. The summed E-state index contributed by atoms with van der Waals surface area (Å²) in [6, 6.07) is 3.43.